The lowest BCUT2D eigenvalue weighted by atomic mass is 9.77. The molecule has 0 atom stereocenters. The van der Waals surface area contributed by atoms with Crippen molar-refractivity contribution in [2.75, 3.05) is 5.75 Å². The molecule has 144 valence electrons. The number of aliphatic carboxylic acids is 1. The molecular formula is C19H27NO5S. The molecule has 0 spiro atoms. The summed E-state index contributed by atoms with van der Waals surface area (Å²) in [6.45, 7) is 4.00. The van der Waals surface area contributed by atoms with Crippen LogP contribution in [0.2, 0.25) is 0 Å². The molecule has 1 fully saturated rings. The number of hydrogen-bond donors (Lipinski definition) is 2. The Morgan fingerprint density at radius 2 is 1.77 bits per heavy atom. The van der Waals surface area contributed by atoms with Crippen LogP contribution in [0.25, 0.3) is 0 Å². The molecule has 0 radical (unpaired) electrons. The lowest BCUT2D eigenvalue weighted by Gasteiger charge is -2.36. The maximum atomic E-state index is 12.5. The first kappa shape index (κ1) is 20.4. The molecule has 1 aliphatic rings. The van der Waals surface area contributed by atoms with Gasteiger partial charge in [0.05, 0.1) is 10.6 Å². The van der Waals surface area contributed by atoms with Gasteiger partial charge < -0.3 is 10.4 Å². The number of nitrogens with one attached hydrogen (secondary N) is 1. The molecule has 1 amide bonds. The third-order valence-electron chi connectivity index (χ3n) is 5.13. The summed E-state index contributed by atoms with van der Waals surface area (Å²) in [7, 11) is -3.35. The van der Waals surface area contributed by atoms with E-state index in [2.05, 4.69) is 12.2 Å². The average molecular weight is 381 g/mol. The van der Waals surface area contributed by atoms with Gasteiger partial charge in [-0.2, -0.15) is 0 Å². The first-order chi connectivity index (χ1) is 12.2. The van der Waals surface area contributed by atoms with Gasteiger partial charge in [-0.15, -0.1) is 0 Å². The SMILES string of the molecule is CCCCS(=O)(=O)c1ccc(C(=O)NC2(C(=O)O)CCC(C)CC2)cc1. The van der Waals surface area contributed by atoms with Crippen LogP contribution in [0.1, 0.15) is 62.7 Å². The maximum absolute atomic E-state index is 12.5. The van der Waals surface area contributed by atoms with Crippen LogP contribution < -0.4 is 5.32 Å². The first-order valence-corrected chi connectivity index (χ1v) is 10.7. The molecule has 1 saturated carbocycles. The van der Waals surface area contributed by atoms with Crippen LogP contribution in [0, 0.1) is 5.92 Å². The molecular weight excluding hydrogens is 354 g/mol. The molecule has 0 aliphatic heterocycles. The van der Waals surface area contributed by atoms with Crippen molar-refractivity contribution >= 4 is 21.7 Å². The van der Waals surface area contributed by atoms with Gasteiger partial charge >= 0.3 is 5.97 Å². The van der Waals surface area contributed by atoms with E-state index >= 15 is 0 Å². The summed E-state index contributed by atoms with van der Waals surface area (Å²) in [6.07, 6.45) is 3.68. The largest absolute Gasteiger partial charge is 0.480 e. The van der Waals surface area contributed by atoms with Gasteiger partial charge in [-0.05, 0) is 62.3 Å². The van der Waals surface area contributed by atoms with Crippen molar-refractivity contribution in [3.63, 3.8) is 0 Å². The molecule has 26 heavy (non-hydrogen) atoms. The highest BCUT2D eigenvalue weighted by Gasteiger charge is 2.42. The summed E-state index contributed by atoms with van der Waals surface area (Å²) in [6, 6.07) is 5.71. The second-order valence-corrected chi connectivity index (χ2v) is 9.33. The molecule has 2 N–H and O–H groups in total. The fourth-order valence-electron chi connectivity index (χ4n) is 3.20. The minimum atomic E-state index is -3.35. The van der Waals surface area contributed by atoms with Gasteiger partial charge in [0.2, 0.25) is 0 Å². The number of carbonyl (C=O) groups is 2. The molecule has 2 rings (SSSR count). The van der Waals surface area contributed by atoms with Crippen molar-refractivity contribution in [1.29, 1.82) is 0 Å². The van der Waals surface area contributed by atoms with Gasteiger partial charge in [0.15, 0.2) is 9.84 Å². The number of sulfone groups is 1. The number of amides is 1. The third kappa shape index (κ3) is 4.63. The van der Waals surface area contributed by atoms with Crippen molar-refractivity contribution in [3.8, 4) is 0 Å². The zero-order valence-corrected chi connectivity index (χ0v) is 16.1. The molecule has 0 unspecified atom stereocenters. The van der Waals surface area contributed by atoms with Crippen LogP contribution >= 0.6 is 0 Å². The second kappa shape index (κ2) is 8.20. The zero-order chi connectivity index (χ0) is 19.4. The standard InChI is InChI=1S/C19H27NO5S/c1-3-4-13-26(24,25)16-7-5-15(6-8-16)17(21)20-19(18(22)23)11-9-14(2)10-12-19/h5-8,14H,3-4,9-13H2,1-2H3,(H,20,21)(H,22,23). The number of carbonyl (C=O) groups excluding carboxylic acids is 1. The van der Waals surface area contributed by atoms with Crippen molar-refractivity contribution in [1.82, 2.24) is 5.32 Å². The summed E-state index contributed by atoms with van der Waals surface area (Å²) < 4.78 is 24.4. The Kier molecular flexibility index (Phi) is 6.44. The van der Waals surface area contributed by atoms with Crippen molar-refractivity contribution in [2.24, 2.45) is 5.92 Å². The van der Waals surface area contributed by atoms with Gasteiger partial charge in [-0.3, -0.25) is 4.79 Å². The Morgan fingerprint density at radius 1 is 1.19 bits per heavy atom. The first-order valence-electron chi connectivity index (χ1n) is 9.09. The Hall–Kier alpha value is -1.89. The van der Waals surface area contributed by atoms with E-state index in [0.717, 1.165) is 19.3 Å². The fraction of sp³-hybridized carbons (Fsp3) is 0.579. The maximum Gasteiger partial charge on any atom is 0.329 e. The Morgan fingerprint density at radius 3 is 2.27 bits per heavy atom. The molecule has 7 heteroatoms. The number of rotatable bonds is 7. The number of carboxylic acids is 1. The molecule has 1 aromatic carbocycles. The quantitative estimate of drug-likeness (QED) is 0.756. The zero-order valence-electron chi connectivity index (χ0n) is 15.3. The summed E-state index contributed by atoms with van der Waals surface area (Å²) in [5.41, 5.74) is -0.978. The molecule has 0 saturated heterocycles. The van der Waals surface area contributed by atoms with Crippen molar-refractivity contribution < 1.29 is 23.1 Å². The molecule has 1 aliphatic carbocycles. The Labute approximate surface area is 154 Å². The molecule has 0 aromatic heterocycles. The van der Waals surface area contributed by atoms with Crippen LogP contribution in [-0.4, -0.2) is 36.7 Å². The van der Waals surface area contributed by atoms with E-state index < -0.39 is 27.3 Å². The Balaban J connectivity index is 2.13. The highest BCUT2D eigenvalue weighted by Crippen LogP contribution is 2.32. The van der Waals surface area contributed by atoms with Gasteiger partial charge in [-0.25, -0.2) is 13.2 Å². The number of unbranched alkanes of at least 4 members (excludes halogenated alkanes) is 1. The molecule has 6 nitrogen and oxygen atoms in total. The van der Waals surface area contributed by atoms with E-state index in [1.165, 1.54) is 24.3 Å². The normalized spacial score (nSPS) is 23.4. The molecule has 0 heterocycles. The molecule has 0 bridgehead atoms. The van der Waals surface area contributed by atoms with E-state index in [0.29, 0.717) is 25.2 Å². The lowest BCUT2D eigenvalue weighted by Crippen LogP contribution is -2.56. The third-order valence-corrected chi connectivity index (χ3v) is 6.95. The minimum Gasteiger partial charge on any atom is -0.480 e. The highest BCUT2D eigenvalue weighted by atomic mass is 32.2. The lowest BCUT2D eigenvalue weighted by molar-refractivity contribution is -0.146. The predicted molar refractivity (Wildman–Crippen MR) is 98.9 cm³/mol. The van der Waals surface area contributed by atoms with Gasteiger partial charge in [-0.1, -0.05) is 20.3 Å². The van der Waals surface area contributed by atoms with E-state index in [1.54, 1.807) is 0 Å². The van der Waals surface area contributed by atoms with E-state index in [-0.39, 0.29) is 16.2 Å². The number of benzene rings is 1. The van der Waals surface area contributed by atoms with E-state index in [1.807, 2.05) is 6.92 Å². The van der Waals surface area contributed by atoms with Crippen LogP contribution in [0.3, 0.4) is 0 Å². The van der Waals surface area contributed by atoms with Crippen LogP contribution in [-0.2, 0) is 14.6 Å². The molecule has 1 aromatic rings. The highest BCUT2D eigenvalue weighted by molar-refractivity contribution is 7.91. The number of carboxylic acid groups (broad SMARTS) is 1. The van der Waals surface area contributed by atoms with Gasteiger partial charge in [0.25, 0.3) is 5.91 Å². The second-order valence-electron chi connectivity index (χ2n) is 7.22. The van der Waals surface area contributed by atoms with E-state index in [9.17, 15) is 23.1 Å². The summed E-state index contributed by atoms with van der Waals surface area (Å²) >= 11 is 0. The Bertz CT molecular complexity index is 747. The average Bonchev–Trinajstić information content (AvgIpc) is 2.62. The van der Waals surface area contributed by atoms with Crippen LogP contribution in [0.4, 0.5) is 0 Å². The van der Waals surface area contributed by atoms with Gasteiger partial charge in [0, 0.05) is 5.56 Å². The summed E-state index contributed by atoms with van der Waals surface area (Å²) in [5, 5.41) is 12.3. The summed E-state index contributed by atoms with van der Waals surface area (Å²) in [5.74, 6) is -0.974. The summed E-state index contributed by atoms with van der Waals surface area (Å²) in [4.78, 5) is 24.4. The van der Waals surface area contributed by atoms with E-state index in [4.69, 9.17) is 0 Å². The monoisotopic (exact) mass is 381 g/mol. The number of hydrogen-bond acceptors (Lipinski definition) is 4. The fourth-order valence-corrected chi connectivity index (χ4v) is 4.66. The predicted octanol–water partition coefficient (Wildman–Crippen LogP) is 3.02. The smallest absolute Gasteiger partial charge is 0.329 e. The van der Waals surface area contributed by atoms with Gasteiger partial charge in [0.1, 0.15) is 5.54 Å². The van der Waals surface area contributed by atoms with Crippen LogP contribution in [0.5, 0.6) is 0 Å². The van der Waals surface area contributed by atoms with Crippen molar-refractivity contribution in [3.05, 3.63) is 29.8 Å². The minimum absolute atomic E-state index is 0.0787. The van der Waals surface area contributed by atoms with Crippen molar-refractivity contribution in [2.45, 2.75) is 62.8 Å². The van der Waals surface area contributed by atoms with Crippen LogP contribution in [0.15, 0.2) is 29.2 Å². The topological polar surface area (TPSA) is 101 Å².